The fraction of sp³-hybridized carbons (Fsp3) is 0.714. The molecule has 19 heavy (non-hydrogen) atoms. The Balaban J connectivity index is 2.33. The third kappa shape index (κ3) is 2.66. The summed E-state index contributed by atoms with van der Waals surface area (Å²) in [4.78, 5) is 16.7. The van der Waals surface area contributed by atoms with Crippen LogP contribution in [-0.2, 0) is 30.7 Å². The van der Waals surface area contributed by atoms with Crippen LogP contribution in [0.25, 0.3) is 0 Å². The van der Waals surface area contributed by atoms with Crippen LogP contribution >= 0.6 is 0 Å². The normalized spacial score (nSPS) is 15.2. The summed E-state index contributed by atoms with van der Waals surface area (Å²) in [6, 6.07) is 0. The summed E-state index contributed by atoms with van der Waals surface area (Å²) in [5.74, 6) is 1.16. The van der Waals surface area contributed by atoms with Gasteiger partial charge in [-0.25, -0.2) is 4.98 Å². The molecule has 0 aromatic carbocycles. The van der Waals surface area contributed by atoms with Gasteiger partial charge >= 0.3 is 0 Å². The van der Waals surface area contributed by atoms with Gasteiger partial charge in [-0.2, -0.15) is 0 Å². The van der Waals surface area contributed by atoms with Gasteiger partial charge in [0.05, 0.1) is 11.1 Å². The van der Waals surface area contributed by atoms with Crippen LogP contribution in [0.3, 0.4) is 0 Å². The van der Waals surface area contributed by atoms with Gasteiger partial charge in [-0.3, -0.25) is 4.79 Å². The largest absolute Gasteiger partial charge is 0.359 e. The number of carbonyl (C=O) groups is 1. The quantitative estimate of drug-likeness (QED) is 0.848. The zero-order valence-corrected chi connectivity index (χ0v) is 12.3. The Hall–Kier alpha value is -1.36. The average Bonchev–Trinajstić information content (AvgIpc) is 2.75. The number of amides is 1. The van der Waals surface area contributed by atoms with E-state index in [2.05, 4.69) is 22.1 Å². The van der Waals surface area contributed by atoms with Crippen molar-refractivity contribution in [3.8, 4) is 0 Å². The van der Waals surface area contributed by atoms with Gasteiger partial charge in [-0.15, -0.1) is 0 Å². The lowest BCUT2D eigenvalue weighted by molar-refractivity contribution is -0.129. The van der Waals surface area contributed by atoms with Crippen LogP contribution in [-0.4, -0.2) is 29.1 Å². The Morgan fingerprint density at radius 2 is 2.26 bits per heavy atom. The van der Waals surface area contributed by atoms with Crippen LogP contribution in [0, 0.1) is 5.41 Å². The number of aromatic nitrogens is 2. The van der Waals surface area contributed by atoms with Crippen molar-refractivity contribution in [2.45, 2.75) is 46.7 Å². The lowest BCUT2D eigenvalue weighted by Gasteiger charge is -2.26. The van der Waals surface area contributed by atoms with E-state index in [9.17, 15) is 4.79 Å². The first-order chi connectivity index (χ1) is 8.99. The van der Waals surface area contributed by atoms with Crippen molar-refractivity contribution in [1.82, 2.24) is 20.2 Å². The van der Waals surface area contributed by atoms with E-state index in [-0.39, 0.29) is 5.91 Å². The molecule has 1 aromatic rings. The number of hydrogen-bond acceptors (Lipinski definition) is 3. The molecular formula is C14H24N4O. The highest BCUT2D eigenvalue weighted by Crippen LogP contribution is 2.24. The predicted octanol–water partition coefficient (Wildman–Crippen LogP) is 0.863. The number of rotatable bonds is 4. The van der Waals surface area contributed by atoms with Gasteiger partial charge in [0.2, 0.25) is 5.91 Å². The lowest BCUT2D eigenvalue weighted by atomic mass is 9.92. The zero-order chi connectivity index (χ0) is 14.0. The van der Waals surface area contributed by atoms with E-state index in [0.29, 0.717) is 6.54 Å². The molecule has 1 aliphatic rings. The Morgan fingerprint density at radius 3 is 2.89 bits per heavy atom. The number of carbonyl (C=O) groups excluding carboxylic acids is 1. The molecule has 0 saturated carbocycles. The highest BCUT2D eigenvalue weighted by molar-refractivity contribution is 5.81. The third-order valence-electron chi connectivity index (χ3n) is 3.78. The first-order valence-corrected chi connectivity index (χ1v) is 6.99. The van der Waals surface area contributed by atoms with Gasteiger partial charge in [0, 0.05) is 45.2 Å². The molecule has 5 heteroatoms. The second-order valence-electron chi connectivity index (χ2n) is 5.75. The summed E-state index contributed by atoms with van der Waals surface area (Å²) in [6.07, 6.45) is 1.89. The summed E-state index contributed by atoms with van der Waals surface area (Å²) >= 11 is 0. The van der Waals surface area contributed by atoms with Crippen LogP contribution < -0.4 is 10.6 Å². The van der Waals surface area contributed by atoms with Gasteiger partial charge in [0.25, 0.3) is 0 Å². The molecule has 5 nitrogen and oxygen atoms in total. The van der Waals surface area contributed by atoms with Crippen LogP contribution in [0.5, 0.6) is 0 Å². The molecule has 0 atom stereocenters. The molecule has 0 fully saturated rings. The van der Waals surface area contributed by atoms with Gasteiger partial charge in [0.1, 0.15) is 5.82 Å². The van der Waals surface area contributed by atoms with E-state index in [1.165, 1.54) is 5.69 Å². The molecule has 106 valence electrons. The number of fused-ring (bicyclic) bond motifs is 1. The standard InChI is InChI=1S/C14H24N4O/c1-5-12-17-10-8-16-7-6-11(10)18(12)9-14(2,3)13(19)15-4/h16H,5-9H2,1-4H3,(H,15,19). The van der Waals surface area contributed by atoms with Crippen molar-refractivity contribution < 1.29 is 4.79 Å². The molecule has 1 aliphatic heterocycles. The molecule has 0 spiro atoms. The molecule has 0 aliphatic carbocycles. The van der Waals surface area contributed by atoms with Crippen molar-refractivity contribution in [3.05, 3.63) is 17.2 Å². The van der Waals surface area contributed by atoms with Gasteiger partial charge < -0.3 is 15.2 Å². The SMILES string of the molecule is CCc1nc2c(n1CC(C)(C)C(=O)NC)CCNC2. The molecule has 0 saturated heterocycles. The molecule has 1 amide bonds. The fourth-order valence-corrected chi connectivity index (χ4v) is 2.69. The second-order valence-corrected chi connectivity index (χ2v) is 5.75. The summed E-state index contributed by atoms with van der Waals surface area (Å²) in [5, 5.41) is 6.10. The van der Waals surface area contributed by atoms with E-state index >= 15 is 0 Å². The molecule has 2 rings (SSSR count). The summed E-state index contributed by atoms with van der Waals surface area (Å²) in [5.41, 5.74) is 2.03. The maximum Gasteiger partial charge on any atom is 0.227 e. The van der Waals surface area contributed by atoms with Crippen LogP contribution in [0.2, 0.25) is 0 Å². The maximum atomic E-state index is 12.0. The van der Waals surface area contributed by atoms with Gasteiger partial charge in [-0.1, -0.05) is 6.92 Å². The molecule has 2 heterocycles. The topological polar surface area (TPSA) is 59.0 Å². The Bertz CT molecular complexity index is 476. The number of imidazole rings is 1. The monoisotopic (exact) mass is 264 g/mol. The van der Waals surface area contributed by atoms with Gasteiger partial charge in [-0.05, 0) is 13.8 Å². The Kier molecular flexibility index (Phi) is 3.94. The highest BCUT2D eigenvalue weighted by Gasteiger charge is 2.30. The van der Waals surface area contributed by atoms with Crippen molar-refractivity contribution >= 4 is 5.91 Å². The Morgan fingerprint density at radius 1 is 1.53 bits per heavy atom. The van der Waals surface area contributed by atoms with Crippen LogP contribution in [0.15, 0.2) is 0 Å². The minimum atomic E-state index is -0.419. The molecule has 1 aromatic heterocycles. The van der Waals surface area contributed by atoms with Gasteiger partial charge in [0.15, 0.2) is 0 Å². The second kappa shape index (κ2) is 5.33. The minimum Gasteiger partial charge on any atom is -0.359 e. The van der Waals surface area contributed by atoms with E-state index in [0.717, 1.165) is 37.4 Å². The minimum absolute atomic E-state index is 0.0749. The van der Waals surface area contributed by atoms with E-state index in [4.69, 9.17) is 4.98 Å². The summed E-state index contributed by atoms with van der Waals surface area (Å²) in [7, 11) is 1.69. The number of aryl methyl sites for hydroxylation is 1. The predicted molar refractivity (Wildman–Crippen MR) is 74.9 cm³/mol. The molecule has 0 radical (unpaired) electrons. The first-order valence-electron chi connectivity index (χ1n) is 6.99. The molecule has 0 bridgehead atoms. The summed E-state index contributed by atoms with van der Waals surface area (Å²) in [6.45, 7) is 8.61. The van der Waals surface area contributed by atoms with Crippen LogP contribution in [0.4, 0.5) is 0 Å². The zero-order valence-electron chi connectivity index (χ0n) is 12.3. The van der Waals surface area contributed by atoms with Crippen molar-refractivity contribution in [2.75, 3.05) is 13.6 Å². The fourth-order valence-electron chi connectivity index (χ4n) is 2.69. The number of nitrogens with zero attached hydrogens (tertiary/aromatic N) is 2. The summed E-state index contributed by atoms with van der Waals surface area (Å²) < 4.78 is 2.26. The Labute approximate surface area is 114 Å². The lowest BCUT2D eigenvalue weighted by Crippen LogP contribution is -2.38. The van der Waals surface area contributed by atoms with Crippen LogP contribution in [0.1, 0.15) is 38.0 Å². The third-order valence-corrected chi connectivity index (χ3v) is 3.78. The smallest absolute Gasteiger partial charge is 0.227 e. The van der Waals surface area contributed by atoms with Crippen molar-refractivity contribution in [2.24, 2.45) is 5.41 Å². The van der Waals surface area contributed by atoms with E-state index in [1.807, 2.05) is 13.8 Å². The number of nitrogens with one attached hydrogen (secondary N) is 2. The number of hydrogen-bond donors (Lipinski definition) is 2. The molecule has 2 N–H and O–H groups in total. The van der Waals surface area contributed by atoms with E-state index in [1.54, 1.807) is 7.05 Å². The maximum absolute atomic E-state index is 12.0. The molecule has 0 unspecified atom stereocenters. The van der Waals surface area contributed by atoms with Crippen molar-refractivity contribution in [3.63, 3.8) is 0 Å². The van der Waals surface area contributed by atoms with Crippen molar-refractivity contribution in [1.29, 1.82) is 0 Å². The van der Waals surface area contributed by atoms with E-state index < -0.39 is 5.41 Å². The first kappa shape index (κ1) is 14.1. The average molecular weight is 264 g/mol. The highest BCUT2D eigenvalue weighted by atomic mass is 16.2. The molecular weight excluding hydrogens is 240 g/mol.